The van der Waals surface area contributed by atoms with Crippen molar-refractivity contribution in [1.82, 2.24) is 5.32 Å². The van der Waals surface area contributed by atoms with Gasteiger partial charge in [-0.2, -0.15) is 0 Å². The van der Waals surface area contributed by atoms with E-state index in [0.29, 0.717) is 6.54 Å². The summed E-state index contributed by atoms with van der Waals surface area (Å²) in [6, 6.07) is 10.0. The van der Waals surface area contributed by atoms with Crippen LogP contribution >= 0.6 is 0 Å². The lowest BCUT2D eigenvalue weighted by Crippen LogP contribution is -2.37. The summed E-state index contributed by atoms with van der Waals surface area (Å²) in [5.41, 5.74) is 0.932. The Kier molecular flexibility index (Phi) is 5.76. The first-order valence-electron chi connectivity index (χ1n) is 6.02. The van der Waals surface area contributed by atoms with Crippen molar-refractivity contribution in [3.63, 3.8) is 0 Å². The van der Waals surface area contributed by atoms with Gasteiger partial charge in [-0.3, -0.25) is 0 Å². The summed E-state index contributed by atoms with van der Waals surface area (Å²) in [4.78, 5) is 0. The second-order valence-corrected chi connectivity index (χ2v) is 4.46. The highest BCUT2D eigenvalue weighted by Crippen LogP contribution is 2.06. The predicted molar refractivity (Wildman–Crippen MR) is 71.9 cm³/mol. The monoisotopic (exact) mass is 231 g/mol. The summed E-state index contributed by atoms with van der Waals surface area (Å²) in [6.45, 7) is 8.40. The molecule has 0 fully saturated rings. The molecule has 2 heteroatoms. The average molecular weight is 231 g/mol. The Morgan fingerprint density at radius 3 is 2.59 bits per heavy atom. The van der Waals surface area contributed by atoms with E-state index in [-0.39, 0.29) is 5.60 Å². The van der Waals surface area contributed by atoms with E-state index in [9.17, 15) is 0 Å². The van der Waals surface area contributed by atoms with Gasteiger partial charge in [0.1, 0.15) is 0 Å². The van der Waals surface area contributed by atoms with E-state index in [1.807, 2.05) is 37.3 Å². The molecule has 0 aliphatic carbocycles. The van der Waals surface area contributed by atoms with E-state index in [1.165, 1.54) is 0 Å². The van der Waals surface area contributed by atoms with Crippen molar-refractivity contribution in [2.45, 2.75) is 26.4 Å². The third-order valence-electron chi connectivity index (χ3n) is 2.31. The number of ether oxygens (including phenoxy) is 1. The van der Waals surface area contributed by atoms with E-state index >= 15 is 0 Å². The van der Waals surface area contributed by atoms with Crippen LogP contribution < -0.4 is 5.32 Å². The van der Waals surface area contributed by atoms with Gasteiger partial charge in [0.2, 0.25) is 0 Å². The molecule has 0 saturated carbocycles. The fraction of sp³-hybridized carbons (Fsp3) is 0.467. The molecule has 0 saturated heterocycles. The van der Waals surface area contributed by atoms with Crippen molar-refractivity contribution >= 4 is 0 Å². The van der Waals surface area contributed by atoms with Crippen molar-refractivity contribution in [3.8, 4) is 11.8 Å². The zero-order valence-electron chi connectivity index (χ0n) is 10.9. The van der Waals surface area contributed by atoms with Gasteiger partial charge in [-0.05, 0) is 32.9 Å². The van der Waals surface area contributed by atoms with Gasteiger partial charge in [0.05, 0.1) is 12.1 Å². The van der Waals surface area contributed by atoms with Gasteiger partial charge in [0.15, 0.2) is 0 Å². The Morgan fingerprint density at radius 1 is 1.24 bits per heavy atom. The van der Waals surface area contributed by atoms with Gasteiger partial charge in [-0.25, -0.2) is 0 Å². The number of rotatable bonds is 5. The predicted octanol–water partition coefficient (Wildman–Crippen LogP) is 2.44. The molecule has 92 valence electrons. The number of nitrogens with one attached hydrogen (secondary N) is 1. The lowest BCUT2D eigenvalue weighted by atomic mass is 10.1. The van der Waals surface area contributed by atoms with Gasteiger partial charge in [-0.1, -0.05) is 30.0 Å². The van der Waals surface area contributed by atoms with Gasteiger partial charge in [-0.15, -0.1) is 0 Å². The molecule has 1 rings (SSSR count). The molecule has 1 aromatic carbocycles. The SMILES string of the molecule is CCOC(C)(C)CNCC#Cc1ccccc1. The molecule has 0 atom stereocenters. The molecular weight excluding hydrogens is 210 g/mol. The van der Waals surface area contributed by atoms with E-state index in [2.05, 4.69) is 31.0 Å². The Morgan fingerprint density at radius 2 is 1.94 bits per heavy atom. The van der Waals surface area contributed by atoms with Crippen LogP contribution in [0.5, 0.6) is 0 Å². The zero-order valence-corrected chi connectivity index (χ0v) is 10.9. The molecular formula is C15H21NO. The normalized spacial score (nSPS) is 10.8. The minimum absolute atomic E-state index is 0.122. The second-order valence-electron chi connectivity index (χ2n) is 4.46. The van der Waals surface area contributed by atoms with E-state index in [4.69, 9.17) is 4.74 Å². The van der Waals surface area contributed by atoms with Crippen molar-refractivity contribution < 1.29 is 4.74 Å². The summed E-state index contributed by atoms with van der Waals surface area (Å²) < 4.78 is 5.58. The van der Waals surface area contributed by atoms with Crippen LogP contribution in [0.1, 0.15) is 26.3 Å². The molecule has 0 aliphatic heterocycles. The molecule has 0 heterocycles. The minimum atomic E-state index is -0.122. The maximum atomic E-state index is 5.58. The summed E-state index contributed by atoms with van der Waals surface area (Å²) in [5.74, 6) is 6.21. The third kappa shape index (κ3) is 6.11. The Bertz CT molecular complexity index is 373. The lowest BCUT2D eigenvalue weighted by Gasteiger charge is -2.24. The van der Waals surface area contributed by atoms with Crippen LogP contribution in [0.3, 0.4) is 0 Å². The van der Waals surface area contributed by atoms with Crippen molar-refractivity contribution in [3.05, 3.63) is 35.9 Å². The van der Waals surface area contributed by atoms with E-state index < -0.39 is 0 Å². The third-order valence-corrected chi connectivity index (χ3v) is 2.31. The van der Waals surface area contributed by atoms with E-state index in [0.717, 1.165) is 18.7 Å². The molecule has 1 aromatic rings. The molecule has 0 radical (unpaired) electrons. The van der Waals surface area contributed by atoms with Crippen LogP contribution in [0, 0.1) is 11.8 Å². The fourth-order valence-corrected chi connectivity index (χ4v) is 1.54. The smallest absolute Gasteiger partial charge is 0.0750 e. The lowest BCUT2D eigenvalue weighted by molar-refractivity contribution is -0.00803. The summed E-state index contributed by atoms with van der Waals surface area (Å²) in [7, 11) is 0. The Labute approximate surface area is 104 Å². The van der Waals surface area contributed by atoms with Crippen LogP contribution in [-0.2, 0) is 4.74 Å². The first-order valence-corrected chi connectivity index (χ1v) is 6.02. The maximum Gasteiger partial charge on any atom is 0.0750 e. The minimum Gasteiger partial charge on any atom is -0.375 e. The maximum absolute atomic E-state index is 5.58. The van der Waals surface area contributed by atoms with Crippen LogP contribution in [-0.4, -0.2) is 25.3 Å². The van der Waals surface area contributed by atoms with E-state index in [1.54, 1.807) is 0 Å². The highest BCUT2D eigenvalue weighted by Gasteiger charge is 2.15. The molecule has 1 N–H and O–H groups in total. The Balaban J connectivity index is 2.27. The first-order chi connectivity index (χ1) is 8.14. The zero-order chi connectivity index (χ0) is 12.6. The molecule has 0 amide bonds. The van der Waals surface area contributed by atoms with Crippen molar-refractivity contribution in [1.29, 1.82) is 0 Å². The van der Waals surface area contributed by atoms with Crippen LogP contribution in [0.25, 0.3) is 0 Å². The number of benzene rings is 1. The van der Waals surface area contributed by atoms with Crippen LogP contribution in [0.4, 0.5) is 0 Å². The van der Waals surface area contributed by atoms with Gasteiger partial charge in [0.25, 0.3) is 0 Å². The van der Waals surface area contributed by atoms with Crippen LogP contribution in [0.2, 0.25) is 0 Å². The number of hydrogen-bond acceptors (Lipinski definition) is 2. The second kappa shape index (κ2) is 7.11. The fourth-order valence-electron chi connectivity index (χ4n) is 1.54. The summed E-state index contributed by atoms with van der Waals surface area (Å²) >= 11 is 0. The summed E-state index contributed by atoms with van der Waals surface area (Å²) in [5, 5.41) is 3.28. The van der Waals surface area contributed by atoms with Crippen LogP contribution in [0.15, 0.2) is 30.3 Å². The topological polar surface area (TPSA) is 21.3 Å². The largest absolute Gasteiger partial charge is 0.375 e. The molecule has 0 aliphatic rings. The molecule has 0 spiro atoms. The molecule has 2 nitrogen and oxygen atoms in total. The standard InChI is InChI=1S/C15H21NO/c1-4-17-15(2,3)13-16-12-8-11-14-9-6-5-7-10-14/h5-7,9-10,16H,4,12-13H2,1-3H3. The summed E-state index contributed by atoms with van der Waals surface area (Å²) in [6.07, 6.45) is 0. The van der Waals surface area contributed by atoms with Gasteiger partial charge >= 0.3 is 0 Å². The molecule has 0 bridgehead atoms. The Hall–Kier alpha value is -1.30. The van der Waals surface area contributed by atoms with Crippen molar-refractivity contribution in [2.75, 3.05) is 19.7 Å². The molecule has 0 unspecified atom stereocenters. The van der Waals surface area contributed by atoms with Gasteiger partial charge in [0, 0.05) is 18.7 Å². The quantitative estimate of drug-likeness (QED) is 0.621. The highest BCUT2D eigenvalue weighted by molar-refractivity contribution is 5.33. The molecule has 0 aromatic heterocycles. The molecule has 17 heavy (non-hydrogen) atoms. The average Bonchev–Trinajstić information content (AvgIpc) is 2.30. The highest BCUT2D eigenvalue weighted by atomic mass is 16.5. The number of hydrogen-bond donors (Lipinski definition) is 1. The first kappa shape index (κ1) is 13.8. The van der Waals surface area contributed by atoms with Gasteiger partial charge < -0.3 is 10.1 Å². The van der Waals surface area contributed by atoms with Crippen molar-refractivity contribution in [2.24, 2.45) is 0 Å².